The summed E-state index contributed by atoms with van der Waals surface area (Å²) in [7, 11) is 3.50. The largest absolute Gasteiger partial charge is 0.382 e. The van der Waals surface area contributed by atoms with E-state index in [-0.39, 0.29) is 6.04 Å². The Morgan fingerprint density at radius 3 is 2.93 bits per heavy atom. The Morgan fingerprint density at radius 1 is 1.57 bits per heavy atom. The van der Waals surface area contributed by atoms with Crippen LogP contribution in [-0.2, 0) is 16.5 Å². The molecule has 0 saturated carbocycles. The highest BCUT2D eigenvalue weighted by atomic mass is 16.5. The summed E-state index contributed by atoms with van der Waals surface area (Å²) in [5, 5.41) is 4.19. The smallest absolute Gasteiger partial charge is 0.0815 e. The molecular weight excluding hydrogens is 182 g/mol. The van der Waals surface area contributed by atoms with Crippen LogP contribution in [0.15, 0.2) is 12.3 Å². The van der Waals surface area contributed by atoms with Crippen LogP contribution in [-0.4, -0.2) is 36.7 Å². The molecule has 1 unspecified atom stereocenters. The van der Waals surface area contributed by atoms with E-state index in [4.69, 9.17) is 15.2 Å². The minimum atomic E-state index is -0.159. The van der Waals surface area contributed by atoms with Gasteiger partial charge in [-0.1, -0.05) is 0 Å². The highest BCUT2D eigenvalue weighted by Gasteiger charge is 2.08. The van der Waals surface area contributed by atoms with Gasteiger partial charge in [-0.3, -0.25) is 4.68 Å². The van der Waals surface area contributed by atoms with Crippen molar-refractivity contribution in [1.82, 2.24) is 9.78 Å². The lowest BCUT2D eigenvalue weighted by Gasteiger charge is -2.09. The summed E-state index contributed by atoms with van der Waals surface area (Å²) in [5.41, 5.74) is 6.70. The van der Waals surface area contributed by atoms with E-state index in [9.17, 15) is 0 Å². The summed E-state index contributed by atoms with van der Waals surface area (Å²) < 4.78 is 11.9. The predicted octanol–water partition coefficient (Wildman–Crippen LogP) is 0.0829. The molecule has 14 heavy (non-hydrogen) atoms. The van der Waals surface area contributed by atoms with E-state index in [1.54, 1.807) is 11.8 Å². The molecule has 1 atom stereocenters. The average Bonchev–Trinajstić information content (AvgIpc) is 2.59. The Bertz CT molecular complexity index is 262. The molecule has 0 aliphatic carbocycles. The minimum absolute atomic E-state index is 0.159. The van der Waals surface area contributed by atoms with Crippen LogP contribution >= 0.6 is 0 Å². The van der Waals surface area contributed by atoms with Gasteiger partial charge in [0, 0.05) is 20.4 Å². The van der Waals surface area contributed by atoms with Gasteiger partial charge in [0.05, 0.1) is 31.6 Å². The van der Waals surface area contributed by atoms with Crippen molar-refractivity contribution in [3.8, 4) is 0 Å². The third kappa shape index (κ3) is 3.45. The number of nitrogens with zero attached hydrogens (tertiary/aromatic N) is 2. The molecular formula is C9H17N3O2. The lowest BCUT2D eigenvalue weighted by atomic mass is 10.2. The first-order valence-corrected chi connectivity index (χ1v) is 4.56. The van der Waals surface area contributed by atoms with Crippen molar-refractivity contribution in [2.45, 2.75) is 6.04 Å². The Labute approximate surface area is 83.8 Å². The van der Waals surface area contributed by atoms with Crippen molar-refractivity contribution in [2.75, 3.05) is 26.9 Å². The van der Waals surface area contributed by atoms with Crippen LogP contribution < -0.4 is 5.73 Å². The van der Waals surface area contributed by atoms with Crippen molar-refractivity contribution >= 4 is 0 Å². The zero-order chi connectivity index (χ0) is 10.4. The molecule has 1 aromatic heterocycles. The number of ether oxygens (including phenoxy) is 2. The van der Waals surface area contributed by atoms with E-state index in [0.717, 1.165) is 5.69 Å². The molecule has 5 nitrogen and oxygen atoms in total. The topological polar surface area (TPSA) is 62.3 Å². The van der Waals surface area contributed by atoms with Crippen LogP contribution in [0.3, 0.4) is 0 Å². The van der Waals surface area contributed by atoms with Crippen LogP contribution in [0.5, 0.6) is 0 Å². The fraction of sp³-hybridized carbons (Fsp3) is 0.667. The Balaban J connectivity index is 2.25. The van der Waals surface area contributed by atoms with Gasteiger partial charge in [-0.25, -0.2) is 0 Å². The lowest BCUT2D eigenvalue weighted by Crippen LogP contribution is -2.19. The van der Waals surface area contributed by atoms with Gasteiger partial charge >= 0.3 is 0 Å². The molecule has 0 spiro atoms. The summed E-state index contributed by atoms with van der Waals surface area (Å²) in [4.78, 5) is 0. The first-order valence-electron chi connectivity index (χ1n) is 4.56. The summed E-state index contributed by atoms with van der Waals surface area (Å²) in [5.74, 6) is 0. The maximum absolute atomic E-state index is 5.85. The van der Waals surface area contributed by atoms with Crippen molar-refractivity contribution in [3.05, 3.63) is 18.0 Å². The summed E-state index contributed by atoms with van der Waals surface area (Å²) in [6.07, 6.45) is 1.87. The van der Waals surface area contributed by atoms with E-state index < -0.39 is 0 Å². The summed E-state index contributed by atoms with van der Waals surface area (Å²) in [6, 6.07) is 1.73. The maximum atomic E-state index is 5.85. The Kier molecular flexibility index (Phi) is 4.58. The van der Waals surface area contributed by atoms with Gasteiger partial charge in [0.25, 0.3) is 0 Å². The Morgan fingerprint density at radius 2 is 2.36 bits per heavy atom. The second-order valence-electron chi connectivity index (χ2n) is 3.09. The van der Waals surface area contributed by atoms with Gasteiger partial charge in [-0.15, -0.1) is 0 Å². The molecule has 2 N–H and O–H groups in total. The van der Waals surface area contributed by atoms with Crippen molar-refractivity contribution < 1.29 is 9.47 Å². The third-order valence-electron chi connectivity index (χ3n) is 1.84. The fourth-order valence-electron chi connectivity index (χ4n) is 1.07. The van der Waals surface area contributed by atoms with Gasteiger partial charge in [-0.2, -0.15) is 5.10 Å². The number of hydrogen-bond donors (Lipinski definition) is 1. The average molecular weight is 199 g/mol. The zero-order valence-corrected chi connectivity index (χ0v) is 8.64. The monoisotopic (exact) mass is 199 g/mol. The molecule has 5 heteroatoms. The standard InChI is InChI=1S/C9H17N3O2/c1-12-4-3-9(11-12)8(10)7-14-6-5-13-2/h3-4,8H,5-7,10H2,1-2H3. The molecule has 1 rings (SSSR count). The minimum Gasteiger partial charge on any atom is -0.382 e. The molecule has 1 aromatic rings. The number of hydrogen-bond acceptors (Lipinski definition) is 4. The van der Waals surface area contributed by atoms with Gasteiger partial charge < -0.3 is 15.2 Å². The van der Waals surface area contributed by atoms with E-state index in [2.05, 4.69) is 5.10 Å². The second kappa shape index (κ2) is 5.74. The van der Waals surface area contributed by atoms with Crippen LogP contribution in [0.2, 0.25) is 0 Å². The van der Waals surface area contributed by atoms with Crippen LogP contribution in [0.4, 0.5) is 0 Å². The van der Waals surface area contributed by atoms with Gasteiger partial charge in [-0.05, 0) is 6.07 Å². The number of methoxy groups -OCH3 is 1. The number of rotatable bonds is 6. The summed E-state index contributed by atoms with van der Waals surface area (Å²) in [6.45, 7) is 1.63. The first kappa shape index (κ1) is 11.2. The van der Waals surface area contributed by atoms with Gasteiger partial charge in [0.15, 0.2) is 0 Å². The molecule has 0 radical (unpaired) electrons. The number of aryl methyl sites for hydroxylation is 1. The molecule has 0 aliphatic rings. The molecule has 0 aliphatic heterocycles. The number of aromatic nitrogens is 2. The first-order chi connectivity index (χ1) is 6.74. The van der Waals surface area contributed by atoms with Gasteiger partial charge in [0.2, 0.25) is 0 Å². The molecule has 80 valence electrons. The van der Waals surface area contributed by atoms with Crippen molar-refractivity contribution in [2.24, 2.45) is 12.8 Å². The van der Waals surface area contributed by atoms with E-state index >= 15 is 0 Å². The van der Waals surface area contributed by atoms with Crippen LogP contribution in [0.1, 0.15) is 11.7 Å². The van der Waals surface area contributed by atoms with E-state index in [0.29, 0.717) is 19.8 Å². The summed E-state index contributed by atoms with van der Waals surface area (Å²) >= 11 is 0. The highest BCUT2D eigenvalue weighted by molar-refractivity contribution is 5.04. The van der Waals surface area contributed by atoms with Crippen LogP contribution in [0, 0.1) is 0 Å². The third-order valence-corrected chi connectivity index (χ3v) is 1.84. The quantitative estimate of drug-likeness (QED) is 0.659. The lowest BCUT2D eigenvalue weighted by molar-refractivity contribution is 0.0631. The van der Waals surface area contributed by atoms with Crippen molar-refractivity contribution in [1.29, 1.82) is 0 Å². The molecule has 0 bridgehead atoms. The van der Waals surface area contributed by atoms with Gasteiger partial charge in [0.1, 0.15) is 0 Å². The normalized spacial score (nSPS) is 13.1. The highest BCUT2D eigenvalue weighted by Crippen LogP contribution is 2.06. The number of nitrogens with two attached hydrogens (primary N) is 1. The fourth-order valence-corrected chi connectivity index (χ4v) is 1.07. The molecule has 0 fully saturated rings. The molecule has 0 aromatic carbocycles. The predicted molar refractivity (Wildman–Crippen MR) is 52.8 cm³/mol. The molecule has 1 heterocycles. The zero-order valence-electron chi connectivity index (χ0n) is 8.64. The molecule has 0 amide bonds. The van der Waals surface area contributed by atoms with E-state index in [1.807, 2.05) is 19.3 Å². The van der Waals surface area contributed by atoms with Crippen LogP contribution in [0.25, 0.3) is 0 Å². The van der Waals surface area contributed by atoms with Crippen molar-refractivity contribution in [3.63, 3.8) is 0 Å². The Hall–Kier alpha value is -0.910. The van der Waals surface area contributed by atoms with E-state index in [1.165, 1.54) is 0 Å². The maximum Gasteiger partial charge on any atom is 0.0815 e. The molecule has 0 saturated heterocycles. The second-order valence-corrected chi connectivity index (χ2v) is 3.09. The SMILES string of the molecule is COCCOCC(N)c1ccn(C)n1.